The molecule has 1 N–H and O–H groups in total. The van der Waals surface area contributed by atoms with Crippen molar-refractivity contribution in [1.29, 1.82) is 0 Å². The van der Waals surface area contributed by atoms with Gasteiger partial charge in [0.2, 0.25) is 0 Å². The van der Waals surface area contributed by atoms with Crippen LogP contribution in [0.25, 0.3) is 32.8 Å². The Kier molecular flexibility index (Phi) is 1.53. The molecule has 0 radical (unpaired) electrons. The molecule has 0 saturated heterocycles. The zero-order valence-corrected chi connectivity index (χ0v) is 8.88. The summed E-state index contributed by atoms with van der Waals surface area (Å²) < 4.78 is 0. The Morgan fingerprint density at radius 1 is 1.00 bits per heavy atom. The van der Waals surface area contributed by atoms with Crippen molar-refractivity contribution >= 4 is 32.8 Å². The van der Waals surface area contributed by atoms with Crippen LogP contribution >= 0.6 is 0 Å². The molecule has 80 valence electrons. The summed E-state index contributed by atoms with van der Waals surface area (Å²) in [6, 6.07) is 8.20. The summed E-state index contributed by atoms with van der Waals surface area (Å²) in [7, 11) is 0. The van der Waals surface area contributed by atoms with Crippen molar-refractivity contribution in [2.45, 2.75) is 0 Å². The van der Waals surface area contributed by atoms with Crippen LogP contribution in [0.3, 0.4) is 0 Å². The summed E-state index contributed by atoms with van der Waals surface area (Å²) in [5.74, 6) is 0. The summed E-state index contributed by atoms with van der Waals surface area (Å²) in [6.45, 7) is 0. The van der Waals surface area contributed by atoms with Crippen molar-refractivity contribution in [3.05, 3.63) is 43.0 Å². The number of pyridine rings is 1. The maximum atomic E-state index is 4.56. The first-order chi connectivity index (χ1) is 8.42. The van der Waals surface area contributed by atoms with Crippen LogP contribution in [0.4, 0.5) is 0 Å². The van der Waals surface area contributed by atoms with Crippen LogP contribution in [-0.2, 0) is 0 Å². The van der Waals surface area contributed by atoms with Gasteiger partial charge >= 0.3 is 0 Å². The second kappa shape index (κ2) is 3.01. The molecule has 0 fully saturated rings. The van der Waals surface area contributed by atoms with Gasteiger partial charge in [-0.2, -0.15) is 0 Å². The van der Waals surface area contributed by atoms with Gasteiger partial charge in [0.15, 0.2) is 0 Å². The molecular formula is C13H8N4. The SMILES string of the molecule is c1ncc2nc3ccc4cc[nH]c4c3cc2n1. The highest BCUT2D eigenvalue weighted by Gasteiger charge is 2.05. The third-order valence-corrected chi connectivity index (χ3v) is 2.99. The van der Waals surface area contributed by atoms with E-state index in [0.717, 1.165) is 27.5 Å². The summed E-state index contributed by atoms with van der Waals surface area (Å²) >= 11 is 0. The number of fused-ring (bicyclic) bond motifs is 4. The fraction of sp³-hybridized carbons (Fsp3) is 0. The van der Waals surface area contributed by atoms with E-state index in [9.17, 15) is 0 Å². The highest BCUT2D eigenvalue weighted by Crippen LogP contribution is 2.25. The van der Waals surface area contributed by atoms with E-state index >= 15 is 0 Å². The molecule has 1 aromatic carbocycles. The first-order valence-corrected chi connectivity index (χ1v) is 5.38. The number of benzene rings is 1. The normalized spacial score (nSPS) is 11.5. The Hall–Kier alpha value is -2.49. The van der Waals surface area contributed by atoms with E-state index in [4.69, 9.17) is 0 Å². The van der Waals surface area contributed by atoms with Gasteiger partial charge in [-0.1, -0.05) is 6.07 Å². The molecule has 4 nitrogen and oxygen atoms in total. The second-order valence-corrected chi connectivity index (χ2v) is 3.99. The van der Waals surface area contributed by atoms with Gasteiger partial charge in [0.05, 0.1) is 22.7 Å². The van der Waals surface area contributed by atoms with E-state index in [1.54, 1.807) is 12.5 Å². The third kappa shape index (κ3) is 1.15. The van der Waals surface area contributed by atoms with E-state index in [2.05, 4.69) is 38.1 Å². The maximum absolute atomic E-state index is 4.56. The molecule has 4 rings (SSSR count). The first kappa shape index (κ1) is 8.64. The van der Waals surface area contributed by atoms with E-state index < -0.39 is 0 Å². The third-order valence-electron chi connectivity index (χ3n) is 2.99. The fourth-order valence-electron chi connectivity index (χ4n) is 2.18. The van der Waals surface area contributed by atoms with Crippen molar-refractivity contribution in [3.8, 4) is 0 Å². The molecule has 4 aromatic rings. The Bertz CT molecular complexity index is 848. The van der Waals surface area contributed by atoms with Gasteiger partial charge in [0, 0.05) is 17.0 Å². The van der Waals surface area contributed by atoms with Crippen molar-refractivity contribution in [3.63, 3.8) is 0 Å². The van der Waals surface area contributed by atoms with E-state index in [0.29, 0.717) is 0 Å². The van der Waals surface area contributed by atoms with Crippen LogP contribution in [0, 0.1) is 0 Å². The number of nitrogens with one attached hydrogen (secondary N) is 1. The van der Waals surface area contributed by atoms with Gasteiger partial charge in [-0.3, -0.25) is 0 Å². The number of aromatic nitrogens is 4. The summed E-state index contributed by atoms with van der Waals surface area (Å²) in [5, 5.41) is 2.28. The van der Waals surface area contributed by atoms with Gasteiger partial charge in [0.1, 0.15) is 11.8 Å². The Labute approximate surface area is 96.3 Å². The van der Waals surface area contributed by atoms with Crippen molar-refractivity contribution in [2.24, 2.45) is 0 Å². The molecule has 4 heteroatoms. The molecule has 3 aromatic heterocycles. The molecule has 0 unspecified atom stereocenters. The zero-order valence-electron chi connectivity index (χ0n) is 8.88. The summed E-state index contributed by atoms with van der Waals surface area (Å²) in [5.41, 5.74) is 3.76. The van der Waals surface area contributed by atoms with Crippen LogP contribution in [0.5, 0.6) is 0 Å². The second-order valence-electron chi connectivity index (χ2n) is 3.99. The monoisotopic (exact) mass is 220 g/mol. The highest BCUT2D eigenvalue weighted by atomic mass is 14.9. The molecule has 0 saturated carbocycles. The lowest BCUT2D eigenvalue weighted by Gasteiger charge is -2.01. The smallest absolute Gasteiger partial charge is 0.116 e. The lowest BCUT2D eigenvalue weighted by Crippen LogP contribution is -1.87. The average molecular weight is 220 g/mol. The quantitative estimate of drug-likeness (QED) is 0.463. The van der Waals surface area contributed by atoms with Gasteiger partial charge in [-0.25, -0.2) is 15.0 Å². The molecule has 0 aliphatic carbocycles. The van der Waals surface area contributed by atoms with Crippen LogP contribution in [-0.4, -0.2) is 19.9 Å². The molecule has 0 bridgehead atoms. The van der Waals surface area contributed by atoms with Crippen molar-refractivity contribution < 1.29 is 0 Å². The molecule has 0 atom stereocenters. The van der Waals surface area contributed by atoms with E-state index in [-0.39, 0.29) is 0 Å². The first-order valence-electron chi connectivity index (χ1n) is 5.38. The number of aromatic amines is 1. The molecule has 0 spiro atoms. The largest absolute Gasteiger partial charge is 0.361 e. The maximum Gasteiger partial charge on any atom is 0.116 e. The molecule has 0 amide bonds. The van der Waals surface area contributed by atoms with Gasteiger partial charge in [0.25, 0.3) is 0 Å². The van der Waals surface area contributed by atoms with E-state index in [1.807, 2.05) is 12.3 Å². The number of H-pyrrole nitrogens is 1. The van der Waals surface area contributed by atoms with Crippen LogP contribution in [0.15, 0.2) is 43.0 Å². The van der Waals surface area contributed by atoms with Gasteiger partial charge in [-0.15, -0.1) is 0 Å². The molecule has 0 aliphatic heterocycles. The molecule has 0 aliphatic rings. The molecule has 17 heavy (non-hydrogen) atoms. The minimum atomic E-state index is 0.825. The number of hydrogen-bond acceptors (Lipinski definition) is 3. The topological polar surface area (TPSA) is 54.5 Å². The number of rotatable bonds is 0. The Morgan fingerprint density at radius 2 is 2.00 bits per heavy atom. The van der Waals surface area contributed by atoms with Gasteiger partial charge < -0.3 is 4.98 Å². The Morgan fingerprint density at radius 3 is 3.00 bits per heavy atom. The van der Waals surface area contributed by atoms with Crippen LogP contribution in [0.2, 0.25) is 0 Å². The molecule has 3 heterocycles. The average Bonchev–Trinajstić information content (AvgIpc) is 2.85. The number of nitrogens with zero attached hydrogens (tertiary/aromatic N) is 3. The fourth-order valence-corrected chi connectivity index (χ4v) is 2.18. The van der Waals surface area contributed by atoms with Gasteiger partial charge in [-0.05, 0) is 18.2 Å². The standard InChI is InChI=1S/C13H8N4/c1-2-10-9(13-8(1)3-4-15-13)5-11-12(17-10)6-14-7-16-11/h1-7,15H. The van der Waals surface area contributed by atoms with Crippen LogP contribution in [0.1, 0.15) is 0 Å². The summed E-state index contributed by atoms with van der Waals surface area (Å²) in [4.78, 5) is 16.0. The van der Waals surface area contributed by atoms with Crippen molar-refractivity contribution in [2.75, 3.05) is 0 Å². The van der Waals surface area contributed by atoms with Crippen LogP contribution < -0.4 is 0 Å². The lowest BCUT2D eigenvalue weighted by atomic mass is 10.1. The lowest BCUT2D eigenvalue weighted by molar-refractivity contribution is 1.21. The minimum Gasteiger partial charge on any atom is -0.361 e. The Balaban J connectivity index is 2.29. The zero-order chi connectivity index (χ0) is 11.2. The van der Waals surface area contributed by atoms with E-state index in [1.165, 1.54) is 5.39 Å². The highest BCUT2D eigenvalue weighted by molar-refractivity contribution is 6.07. The minimum absolute atomic E-state index is 0.825. The molecular weight excluding hydrogens is 212 g/mol. The van der Waals surface area contributed by atoms with Crippen molar-refractivity contribution in [1.82, 2.24) is 19.9 Å². The predicted molar refractivity (Wildman–Crippen MR) is 66.7 cm³/mol. The number of hydrogen-bond donors (Lipinski definition) is 1. The summed E-state index contributed by atoms with van der Waals surface area (Å²) in [6.07, 6.45) is 5.22. The predicted octanol–water partition coefficient (Wildman–Crippen LogP) is 2.66.